The summed E-state index contributed by atoms with van der Waals surface area (Å²) in [5, 5.41) is 17.2. The highest BCUT2D eigenvalue weighted by molar-refractivity contribution is 7.98. The maximum atomic E-state index is 12.3. The van der Waals surface area contributed by atoms with Crippen molar-refractivity contribution in [3.05, 3.63) is 94.3 Å². The Hall–Kier alpha value is -3.29. The molecule has 0 spiro atoms. The number of anilines is 2. The van der Waals surface area contributed by atoms with E-state index < -0.39 is 5.63 Å². The summed E-state index contributed by atoms with van der Waals surface area (Å²) in [5.41, 5.74) is 3.51. The molecule has 7 heteroatoms. The molecule has 0 bridgehead atoms. The fourth-order valence-electron chi connectivity index (χ4n) is 3.00. The van der Waals surface area contributed by atoms with Crippen molar-refractivity contribution < 1.29 is 9.52 Å². The predicted octanol–water partition coefficient (Wildman–Crippen LogP) is 5.91. The number of hydrogen-bond donors (Lipinski definition) is 3. The van der Waals surface area contributed by atoms with Crippen LogP contribution in [0.15, 0.2) is 86.9 Å². The van der Waals surface area contributed by atoms with Gasteiger partial charge in [0.2, 0.25) is 0 Å². The molecule has 1 heterocycles. The number of fused-ring (bicyclic) bond motifs is 1. The molecule has 0 aliphatic heterocycles. The highest BCUT2D eigenvalue weighted by Crippen LogP contribution is 2.26. The van der Waals surface area contributed by atoms with E-state index in [0.717, 1.165) is 21.7 Å². The lowest BCUT2D eigenvalue weighted by molar-refractivity contribution is 0.473. The van der Waals surface area contributed by atoms with Crippen LogP contribution in [0.5, 0.6) is 5.75 Å². The number of thioether (sulfide) groups is 1. The van der Waals surface area contributed by atoms with Crippen molar-refractivity contribution in [2.24, 2.45) is 0 Å². The Kier molecular flexibility index (Phi) is 6.25. The molecule has 0 saturated heterocycles. The lowest BCUT2D eigenvalue weighted by Gasteiger charge is -2.12. The van der Waals surface area contributed by atoms with E-state index in [0.29, 0.717) is 22.0 Å². The summed E-state index contributed by atoms with van der Waals surface area (Å²) < 4.78 is 5.34. The second kappa shape index (κ2) is 9.24. The van der Waals surface area contributed by atoms with Crippen molar-refractivity contribution >= 4 is 51.4 Å². The molecular weight excluding hydrogens is 428 g/mol. The Labute approximate surface area is 189 Å². The summed E-state index contributed by atoms with van der Waals surface area (Å²) in [5.74, 6) is 0.533. The summed E-state index contributed by atoms with van der Waals surface area (Å²) in [6.45, 7) is 2.04. The number of aromatic hydroxyl groups is 1. The van der Waals surface area contributed by atoms with E-state index in [1.807, 2.05) is 55.5 Å². The summed E-state index contributed by atoms with van der Waals surface area (Å²) in [6, 6.07) is 22.4. The third kappa shape index (κ3) is 5.45. The quantitative estimate of drug-likeness (QED) is 0.199. The van der Waals surface area contributed by atoms with Gasteiger partial charge in [-0.05, 0) is 67.7 Å². The van der Waals surface area contributed by atoms with Gasteiger partial charge in [-0.25, -0.2) is 4.79 Å². The third-order valence-electron chi connectivity index (χ3n) is 4.59. The molecule has 4 aromatic rings. The highest BCUT2D eigenvalue weighted by Gasteiger charge is 2.08. The van der Waals surface area contributed by atoms with Gasteiger partial charge < -0.3 is 20.2 Å². The number of rotatable bonds is 5. The molecule has 0 atom stereocenters. The second-order valence-electron chi connectivity index (χ2n) is 7.04. The molecule has 5 nitrogen and oxygen atoms in total. The zero-order valence-corrected chi connectivity index (χ0v) is 18.3. The van der Waals surface area contributed by atoms with Crippen molar-refractivity contribution in [3.63, 3.8) is 0 Å². The first-order valence-electron chi connectivity index (χ1n) is 9.59. The van der Waals surface area contributed by atoms with Gasteiger partial charge in [-0.3, -0.25) is 0 Å². The van der Waals surface area contributed by atoms with Crippen LogP contribution in [-0.4, -0.2) is 10.2 Å². The van der Waals surface area contributed by atoms with Crippen LogP contribution in [-0.2, 0) is 5.75 Å². The van der Waals surface area contributed by atoms with Crippen LogP contribution in [0.2, 0.25) is 0 Å². The first kappa shape index (κ1) is 21.0. The molecule has 0 radical (unpaired) electrons. The molecule has 0 fully saturated rings. The first-order valence-corrected chi connectivity index (χ1v) is 11.0. The fourth-order valence-corrected chi connectivity index (χ4v) is 4.14. The summed E-state index contributed by atoms with van der Waals surface area (Å²) in [6.07, 6.45) is 0. The van der Waals surface area contributed by atoms with E-state index in [9.17, 15) is 9.90 Å². The van der Waals surface area contributed by atoms with Crippen LogP contribution in [0.25, 0.3) is 11.0 Å². The van der Waals surface area contributed by atoms with Crippen LogP contribution in [0.1, 0.15) is 11.1 Å². The summed E-state index contributed by atoms with van der Waals surface area (Å²) in [4.78, 5) is 13.3. The molecule has 0 saturated carbocycles. The topological polar surface area (TPSA) is 74.5 Å². The van der Waals surface area contributed by atoms with Crippen molar-refractivity contribution in [2.45, 2.75) is 17.6 Å². The molecule has 31 heavy (non-hydrogen) atoms. The Balaban J connectivity index is 1.41. The monoisotopic (exact) mass is 448 g/mol. The van der Waals surface area contributed by atoms with Crippen LogP contribution in [0.4, 0.5) is 11.4 Å². The minimum absolute atomic E-state index is 0.0665. The summed E-state index contributed by atoms with van der Waals surface area (Å²) >= 11 is 6.94. The normalized spacial score (nSPS) is 10.7. The first-order chi connectivity index (χ1) is 15.0. The van der Waals surface area contributed by atoms with E-state index in [1.165, 1.54) is 23.4 Å². The lowest BCUT2D eigenvalue weighted by Crippen LogP contribution is -2.18. The molecular formula is C24H20N2O3S2. The van der Waals surface area contributed by atoms with Crippen LogP contribution in [0, 0.1) is 6.92 Å². The molecule has 1 aromatic heterocycles. The molecule has 3 N–H and O–H groups in total. The zero-order chi connectivity index (χ0) is 21.8. The van der Waals surface area contributed by atoms with E-state index in [1.54, 1.807) is 18.2 Å². The van der Waals surface area contributed by atoms with Gasteiger partial charge in [0.1, 0.15) is 11.3 Å². The van der Waals surface area contributed by atoms with Crippen LogP contribution < -0.4 is 16.3 Å². The highest BCUT2D eigenvalue weighted by atomic mass is 32.2. The van der Waals surface area contributed by atoms with Gasteiger partial charge in [0, 0.05) is 39.0 Å². The number of benzene rings is 3. The maximum absolute atomic E-state index is 12.3. The molecule has 0 aliphatic rings. The lowest BCUT2D eigenvalue weighted by atomic mass is 10.2. The minimum Gasteiger partial charge on any atom is -0.508 e. The standard InChI is InChI=1S/C24H20N2O3S2/c1-15-5-8-18(9-6-15)25-24(30)26-19-3-2-4-21(12-19)31-14-17-11-16-7-10-20(27)13-22(16)29-23(17)28/h2-13,27H,14H2,1H3,(H2,25,26,30). The van der Waals surface area contributed by atoms with Crippen LogP contribution in [0.3, 0.4) is 0 Å². The van der Waals surface area contributed by atoms with Gasteiger partial charge >= 0.3 is 5.63 Å². The number of phenols is 1. The van der Waals surface area contributed by atoms with E-state index in [4.69, 9.17) is 16.6 Å². The van der Waals surface area contributed by atoms with Gasteiger partial charge in [0.05, 0.1) is 0 Å². The molecule has 0 aliphatic carbocycles. The SMILES string of the molecule is Cc1ccc(NC(=S)Nc2cccc(SCc3cc4ccc(O)cc4oc3=O)c2)cc1. The third-order valence-corrected chi connectivity index (χ3v) is 5.83. The molecule has 156 valence electrons. The number of hydrogen-bond acceptors (Lipinski definition) is 5. The largest absolute Gasteiger partial charge is 0.508 e. The van der Waals surface area contributed by atoms with Gasteiger partial charge in [0.25, 0.3) is 0 Å². The number of thiocarbonyl (C=S) groups is 1. The molecule has 0 amide bonds. The maximum Gasteiger partial charge on any atom is 0.340 e. The molecule has 4 rings (SSSR count). The zero-order valence-electron chi connectivity index (χ0n) is 16.7. The van der Waals surface area contributed by atoms with Crippen molar-refractivity contribution in [2.75, 3.05) is 10.6 Å². The molecule has 0 unspecified atom stereocenters. The Bertz CT molecular complexity index is 1300. The minimum atomic E-state index is -0.400. The van der Waals surface area contributed by atoms with E-state index in [2.05, 4.69) is 10.6 Å². The fraction of sp³-hybridized carbons (Fsp3) is 0.0833. The van der Waals surface area contributed by atoms with Gasteiger partial charge in [-0.2, -0.15) is 0 Å². The van der Waals surface area contributed by atoms with Gasteiger partial charge in [0.15, 0.2) is 5.11 Å². The molecule has 3 aromatic carbocycles. The smallest absolute Gasteiger partial charge is 0.340 e. The Morgan fingerprint density at radius 3 is 2.58 bits per heavy atom. The van der Waals surface area contributed by atoms with E-state index >= 15 is 0 Å². The van der Waals surface area contributed by atoms with Crippen LogP contribution >= 0.6 is 24.0 Å². The predicted molar refractivity (Wildman–Crippen MR) is 131 cm³/mol. The average molecular weight is 449 g/mol. The average Bonchev–Trinajstić information content (AvgIpc) is 2.74. The van der Waals surface area contributed by atoms with Crippen molar-refractivity contribution in [1.29, 1.82) is 0 Å². The Morgan fingerprint density at radius 1 is 1.00 bits per heavy atom. The Morgan fingerprint density at radius 2 is 1.77 bits per heavy atom. The summed E-state index contributed by atoms with van der Waals surface area (Å²) in [7, 11) is 0. The van der Waals surface area contributed by atoms with Crippen molar-refractivity contribution in [1.82, 2.24) is 0 Å². The van der Waals surface area contributed by atoms with Crippen molar-refractivity contribution in [3.8, 4) is 5.75 Å². The number of phenolic OH excluding ortho intramolecular Hbond substituents is 1. The van der Waals surface area contributed by atoms with Gasteiger partial charge in [-0.1, -0.05) is 23.8 Å². The van der Waals surface area contributed by atoms with E-state index in [-0.39, 0.29) is 5.75 Å². The number of aryl methyl sites for hydroxylation is 1. The van der Waals surface area contributed by atoms with Gasteiger partial charge in [-0.15, -0.1) is 11.8 Å². The second-order valence-corrected chi connectivity index (χ2v) is 8.50. The number of nitrogens with one attached hydrogen (secondary N) is 2.